The third-order valence-corrected chi connectivity index (χ3v) is 4.27. The average Bonchev–Trinajstić information content (AvgIpc) is 2.09. The Bertz CT molecular complexity index is 409. The number of benzene rings is 1. The molecule has 1 aromatic carbocycles. The molecule has 13 heavy (non-hydrogen) atoms. The van der Waals surface area contributed by atoms with Gasteiger partial charge in [-0.2, -0.15) is 5.26 Å². The van der Waals surface area contributed by atoms with Crippen molar-refractivity contribution < 1.29 is 4.79 Å². The van der Waals surface area contributed by atoms with Crippen molar-refractivity contribution >= 4 is 44.3 Å². The van der Waals surface area contributed by atoms with Gasteiger partial charge in [0.05, 0.1) is 5.56 Å². The van der Waals surface area contributed by atoms with Crippen LogP contribution in [0.1, 0.15) is 22.8 Å². The maximum Gasteiger partial charge on any atom is 0.160 e. The fourth-order valence-corrected chi connectivity index (χ4v) is 2.19. The molecule has 0 atom stereocenters. The number of nitrogens with zero attached hydrogens (tertiary/aromatic N) is 1. The van der Waals surface area contributed by atoms with Crippen molar-refractivity contribution in [2.45, 2.75) is 6.92 Å². The van der Waals surface area contributed by atoms with Gasteiger partial charge >= 0.3 is 0 Å². The number of Topliss-reactive ketones (excluding diaryl/α,β-unsaturated/α-hetero) is 1. The first-order chi connectivity index (χ1) is 6.07. The van der Waals surface area contributed by atoms with Crippen LogP contribution in [0.5, 0.6) is 0 Å². The van der Waals surface area contributed by atoms with Crippen molar-refractivity contribution in [3.63, 3.8) is 0 Å². The van der Waals surface area contributed by atoms with Gasteiger partial charge in [0.25, 0.3) is 0 Å². The third kappa shape index (κ3) is 2.09. The van der Waals surface area contributed by atoms with Gasteiger partial charge in [-0.1, -0.05) is 0 Å². The molecular weight excluding hydrogens is 345 g/mol. The minimum absolute atomic E-state index is 0.00888. The van der Waals surface area contributed by atoms with Crippen molar-refractivity contribution in [1.29, 1.82) is 5.26 Å². The zero-order valence-electron chi connectivity index (χ0n) is 6.77. The largest absolute Gasteiger partial charge is 0.294 e. The summed E-state index contributed by atoms with van der Waals surface area (Å²) in [6.45, 7) is 1.51. The average molecular weight is 350 g/mol. The van der Waals surface area contributed by atoms with Crippen LogP contribution >= 0.6 is 38.5 Å². The Labute approximate surface area is 98.2 Å². The molecule has 0 heterocycles. The summed E-state index contributed by atoms with van der Waals surface area (Å²) in [6.07, 6.45) is 0. The molecule has 0 N–H and O–H groups in total. The van der Waals surface area contributed by atoms with Gasteiger partial charge in [0.15, 0.2) is 5.78 Å². The van der Waals surface area contributed by atoms with Crippen molar-refractivity contribution in [2.24, 2.45) is 0 Å². The van der Waals surface area contributed by atoms with Gasteiger partial charge in [0, 0.05) is 13.6 Å². The summed E-state index contributed by atoms with van der Waals surface area (Å²) in [5.41, 5.74) is 1.20. The number of carbonyl (C=O) groups is 1. The summed E-state index contributed by atoms with van der Waals surface area (Å²) < 4.78 is 1.49. The van der Waals surface area contributed by atoms with Crippen LogP contribution in [0.4, 0.5) is 0 Å². The Morgan fingerprint density at radius 2 is 2.23 bits per heavy atom. The van der Waals surface area contributed by atoms with E-state index in [1.54, 1.807) is 12.1 Å². The van der Waals surface area contributed by atoms with E-state index in [4.69, 9.17) is 5.26 Å². The lowest BCUT2D eigenvalue weighted by Crippen LogP contribution is -1.97. The first-order valence-electron chi connectivity index (χ1n) is 3.47. The maximum atomic E-state index is 11.1. The molecule has 0 unspecified atom stereocenters. The summed E-state index contributed by atoms with van der Waals surface area (Å²) in [5, 5.41) is 8.70. The van der Waals surface area contributed by atoms with Crippen LogP contribution in [0.2, 0.25) is 0 Å². The lowest BCUT2D eigenvalue weighted by molar-refractivity contribution is 0.101. The fourth-order valence-electron chi connectivity index (χ4n) is 0.908. The Kier molecular flexibility index (Phi) is 3.45. The van der Waals surface area contributed by atoms with Gasteiger partial charge in [0.1, 0.15) is 6.07 Å². The van der Waals surface area contributed by atoms with Gasteiger partial charge in [-0.25, -0.2) is 0 Å². The second kappa shape index (κ2) is 4.20. The quantitative estimate of drug-likeness (QED) is 0.577. The number of carbonyl (C=O) groups excluding carboxylic acids is 1. The zero-order valence-corrected chi connectivity index (χ0v) is 10.5. The highest BCUT2D eigenvalue weighted by molar-refractivity contribution is 14.1. The molecular formula is C9H5BrINO. The van der Waals surface area contributed by atoms with Crippen LogP contribution in [0, 0.1) is 14.9 Å². The second-order valence-corrected chi connectivity index (χ2v) is 4.33. The highest BCUT2D eigenvalue weighted by Crippen LogP contribution is 2.26. The summed E-state index contributed by atoms with van der Waals surface area (Å²) in [7, 11) is 0. The topological polar surface area (TPSA) is 40.9 Å². The minimum atomic E-state index is 0.00888. The minimum Gasteiger partial charge on any atom is -0.294 e. The summed E-state index contributed by atoms with van der Waals surface area (Å²) in [5.74, 6) is 0.00888. The molecule has 66 valence electrons. The maximum absolute atomic E-state index is 11.1. The molecule has 0 amide bonds. The molecule has 0 fully saturated rings. The van der Waals surface area contributed by atoms with Gasteiger partial charge < -0.3 is 0 Å². The highest BCUT2D eigenvalue weighted by atomic mass is 127. The first kappa shape index (κ1) is 10.7. The second-order valence-electron chi connectivity index (χ2n) is 2.46. The summed E-state index contributed by atoms with van der Waals surface area (Å²) >= 11 is 5.33. The van der Waals surface area contributed by atoms with Gasteiger partial charge in [-0.3, -0.25) is 4.79 Å². The van der Waals surface area contributed by atoms with Gasteiger partial charge in [-0.15, -0.1) is 0 Å². The van der Waals surface area contributed by atoms with E-state index in [9.17, 15) is 4.79 Å². The molecule has 1 rings (SSSR count). The standard InChI is InChI=1S/C9H5BrINO/c1-5(13)7-3-2-6(4-12)8(10)9(7)11/h2-3H,1H3. The Morgan fingerprint density at radius 1 is 1.62 bits per heavy atom. The van der Waals surface area contributed by atoms with Crippen LogP contribution in [0.25, 0.3) is 0 Å². The third-order valence-electron chi connectivity index (χ3n) is 1.58. The van der Waals surface area contributed by atoms with E-state index < -0.39 is 0 Å². The van der Waals surface area contributed by atoms with Crippen LogP contribution in [-0.2, 0) is 0 Å². The lowest BCUT2D eigenvalue weighted by Gasteiger charge is -2.03. The van der Waals surface area contributed by atoms with E-state index in [1.807, 2.05) is 6.07 Å². The molecule has 0 bridgehead atoms. The molecule has 0 saturated carbocycles. The van der Waals surface area contributed by atoms with Crippen molar-refractivity contribution in [3.8, 4) is 6.07 Å². The fraction of sp³-hybridized carbons (Fsp3) is 0.111. The summed E-state index contributed by atoms with van der Waals surface area (Å²) in [6, 6.07) is 5.36. The van der Waals surface area contributed by atoms with Crippen LogP contribution in [0.15, 0.2) is 16.6 Å². The smallest absolute Gasteiger partial charge is 0.160 e. The molecule has 0 radical (unpaired) electrons. The number of rotatable bonds is 1. The van der Waals surface area contributed by atoms with Crippen LogP contribution in [0.3, 0.4) is 0 Å². The van der Waals surface area contributed by atoms with E-state index in [2.05, 4.69) is 38.5 Å². The van der Waals surface area contributed by atoms with Crippen molar-refractivity contribution in [1.82, 2.24) is 0 Å². The van der Waals surface area contributed by atoms with Crippen LogP contribution in [-0.4, -0.2) is 5.78 Å². The molecule has 0 saturated heterocycles. The normalized spacial score (nSPS) is 9.38. The summed E-state index contributed by atoms with van der Waals surface area (Å²) in [4.78, 5) is 11.1. The molecule has 0 aliphatic heterocycles. The number of ketones is 1. The van der Waals surface area contributed by atoms with E-state index in [-0.39, 0.29) is 5.78 Å². The zero-order chi connectivity index (χ0) is 10.0. The molecule has 0 aromatic heterocycles. The monoisotopic (exact) mass is 349 g/mol. The van der Waals surface area contributed by atoms with Gasteiger partial charge in [-0.05, 0) is 57.6 Å². The SMILES string of the molecule is CC(=O)c1ccc(C#N)c(Br)c1I. The van der Waals surface area contributed by atoms with Crippen molar-refractivity contribution in [2.75, 3.05) is 0 Å². The molecule has 2 nitrogen and oxygen atoms in total. The van der Waals surface area contributed by atoms with E-state index in [0.717, 1.165) is 3.57 Å². The Balaban J connectivity index is 3.42. The van der Waals surface area contributed by atoms with Gasteiger partial charge in [0.2, 0.25) is 0 Å². The van der Waals surface area contributed by atoms with E-state index in [0.29, 0.717) is 15.6 Å². The van der Waals surface area contributed by atoms with Crippen molar-refractivity contribution in [3.05, 3.63) is 31.3 Å². The number of hydrogen-bond acceptors (Lipinski definition) is 2. The highest BCUT2D eigenvalue weighted by Gasteiger charge is 2.11. The number of halogens is 2. The molecule has 0 spiro atoms. The van der Waals surface area contributed by atoms with E-state index in [1.165, 1.54) is 6.92 Å². The molecule has 0 aliphatic rings. The predicted octanol–water partition coefficient (Wildman–Crippen LogP) is 3.13. The Morgan fingerprint density at radius 3 is 2.69 bits per heavy atom. The predicted molar refractivity (Wildman–Crippen MR) is 61.6 cm³/mol. The molecule has 4 heteroatoms. The lowest BCUT2D eigenvalue weighted by atomic mass is 10.1. The first-order valence-corrected chi connectivity index (χ1v) is 5.34. The Hall–Kier alpha value is -0.410. The number of hydrogen-bond donors (Lipinski definition) is 0. The molecule has 0 aliphatic carbocycles. The number of nitriles is 1. The molecule has 1 aromatic rings. The van der Waals surface area contributed by atoms with E-state index >= 15 is 0 Å². The van der Waals surface area contributed by atoms with Crippen LogP contribution < -0.4 is 0 Å².